The van der Waals surface area contributed by atoms with E-state index < -0.39 is 0 Å². The monoisotopic (exact) mass is 410 g/mol. The second-order valence-corrected chi connectivity index (χ2v) is 6.92. The summed E-state index contributed by atoms with van der Waals surface area (Å²) in [6.07, 6.45) is 0.959. The molecule has 0 fully saturated rings. The minimum atomic E-state index is 0. The van der Waals surface area contributed by atoms with Crippen molar-refractivity contribution in [2.75, 3.05) is 0 Å². The van der Waals surface area contributed by atoms with Crippen LogP contribution in [0.2, 0.25) is 5.02 Å². The van der Waals surface area contributed by atoms with E-state index in [-0.39, 0.29) is 18.4 Å². The fraction of sp³-hybridized carbons (Fsp3) is 0.0909. The number of aliphatic imine (C=N–C) groups is 1. The Kier molecular flexibility index (Phi) is 6.02. The lowest BCUT2D eigenvalue weighted by atomic mass is 10.0. The molecule has 0 aromatic heterocycles. The Morgan fingerprint density at radius 2 is 1.68 bits per heavy atom. The van der Waals surface area contributed by atoms with E-state index in [4.69, 9.17) is 17.3 Å². The predicted molar refractivity (Wildman–Crippen MR) is 120 cm³/mol. The molecule has 1 aliphatic carbocycles. The number of benzene rings is 3. The third-order valence-electron chi connectivity index (χ3n) is 4.63. The molecule has 0 bridgehead atoms. The first kappa shape index (κ1) is 19.9. The highest BCUT2D eigenvalue weighted by Crippen LogP contribution is 2.36. The van der Waals surface area contributed by atoms with Crippen molar-refractivity contribution in [3.05, 3.63) is 88.4 Å². The number of nitrogens with two attached hydrogens (primary N) is 1. The molecule has 1 aliphatic rings. The Bertz CT molecular complexity index is 1060. The molecule has 28 heavy (non-hydrogen) atoms. The van der Waals surface area contributed by atoms with Crippen LogP contribution < -0.4 is 11.2 Å². The number of guanidine groups is 1. The number of rotatable bonds is 3. The van der Waals surface area contributed by atoms with Gasteiger partial charge in [-0.25, -0.2) is 10.4 Å². The van der Waals surface area contributed by atoms with Gasteiger partial charge in [0.05, 0.1) is 11.4 Å². The molecule has 0 unspecified atom stereocenters. The molecule has 3 aromatic carbocycles. The maximum atomic E-state index is 5.92. The van der Waals surface area contributed by atoms with Gasteiger partial charge in [0.1, 0.15) is 0 Å². The van der Waals surface area contributed by atoms with Gasteiger partial charge in [-0.3, -0.25) is 0 Å². The summed E-state index contributed by atoms with van der Waals surface area (Å²) in [5, 5.41) is 5.03. The number of hydrogen-bond donors (Lipinski definition) is 2. The highest BCUT2D eigenvalue weighted by molar-refractivity contribution is 6.30. The molecule has 0 radical (unpaired) electrons. The summed E-state index contributed by atoms with van der Waals surface area (Å²) in [5.41, 5.74) is 16.7. The van der Waals surface area contributed by atoms with Crippen molar-refractivity contribution in [2.45, 2.75) is 13.3 Å². The third kappa shape index (κ3) is 4.19. The Morgan fingerprint density at radius 1 is 0.964 bits per heavy atom. The fourth-order valence-corrected chi connectivity index (χ4v) is 3.38. The van der Waals surface area contributed by atoms with Gasteiger partial charge in [-0.05, 0) is 71.5 Å². The van der Waals surface area contributed by atoms with E-state index in [1.807, 2.05) is 6.92 Å². The van der Waals surface area contributed by atoms with E-state index in [0.29, 0.717) is 10.7 Å². The zero-order chi connectivity index (χ0) is 18.8. The molecular weight excluding hydrogens is 391 g/mol. The van der Waals surface area contributed by atoms with Crippen LogP contribution in [0.4, 0.5) is 5.69 Å². The first-order chi connectivity index (χ1) is 13.1. The molecule has 0 atom stereocenters. The van der Waals surface area contributed by atoms with Gasteiger partial charge in [0.2, 0.25) is 5.96 Å². The molecule has 0 saturated carbocycles. The Labute approximate surface area is 175 Å². The summed E-state index contributed by atoms with van der Waals surface area (Å²) < 4.78 is 0. The van der Waals surface area contributed by atoms with Gasteiger partial charge in [-0.15, -0.1) is 12.4 Å². The molecule has 4 rings (SSSR count). The second-order valence-electron chi connectivity index (χ2n) is 6.49. The minimum absolute atomic E-state index is 0. The molecule has 0 spiro atoms. The van der Waals surface area contributed by atoms with Gasteiger partial charge >= 0.3 is 0 Å². The zero-order valence-corrected chi connectivity index (χ0v) is 16.9. The van der Waals surface area contributed by atoms with Gasteiger partial charge in [0.25, 0.3) is 0 Å². The maximum absolute atomic E-state index is 5.92. The largest absolute Gasteiger partial charge is 0.368 e. The summed E-state index contributed by atoms with van der Waals surface area (Å²) in [6.45, 7) is 1.95. The third-order valence-corrected chi connectivity index (χ3v) is 4.88. The van der Waals surface area contributed by atoms with Crippen molar-refractivity contribution < 1.29 is 0 Å². The molecule has 4 nitrogen and oxygen atoms in total. The summed E-state index contributed by atoms with van der Waals surface area (Å²) in [5.74, 6) is 0.227. The summed E-state index contributed by atoms with van der Waals surface area (Å²) in [6, 6.07) is 22.1. The van der Waals surface area contributed by atoms with Crippen LogP contribution in [0, 0.1) is 0 Å². The van der Waals surface area contributed by atoms with Crippen LogP contribution in [0.3, 0.4) is 0 Å². The van der Waals surface area contributed by atoms with Crippen LogP contribution in [-0.4, -0.2) is 11.7 Å². The first-order valence-corrected chi connectivity index (χ1v) is 9.09. The fourth-order valence-electron chi connectivity index (χ4n) is 3.26. The lowest BCUT2D eigenvalue weighted by Crippen LogP contribution is -2.27. The average Bonchev–Trinajstić information content (AvgIpc) is 3.05. The number of hydrogen-bond acceptors (Lipinski definition) is 2. The molecule has 6 heteroatoms. The Hall–Kier alpha value is -2.82. The van der Waals surface area contributed by atoms with Gasteiger partial charge in [0, 0.05) is 5.02 Å². The molecule has 0 saturated heterocycles. The van der Waals surface area contributed by atoms with E-state index in [0.717, 1.165) is 17.7 Å². The molecule has 0 aliphatic heterocycles. The van der Waals surface area contributed by atoms with Crippen molar-refractivity contribution in [3.8, 4) is 11.1 Å². The topological polar surface area (TPSA) is 62.8 Å². The smallest absolute Gasteiger partial charge is 0.214 e. The van der Waals surface area contributed by atoms with E-state index in [9.17, 15) is 0 Å². The maximum Gasteiger partial charge on any atom is 0.214 e. The van der Waals surface area contributed by atoms with E-state index >= 15 is 0 Å². The number of fused-ring (bicyclic) bond motifs is 3. The van der Waals surface area contributed by atoms with Crippen molar-refractivity contribution in [1.29, 1.82) is 0 Å². The number of nitrogens with one attached hydrogen (secondary N) is 1. The lowest BCUT2D eigenvalue weighted by Gasteiger charge is -2.06. The van der Waals surface area contributed by atoms with Crippen molar-refractivity contribution in [1.82, 2.24) is 5.43 Å². The molecule has 142 valence electrons. The molecule has 3 N–H and O–H groups in total. The molecular formula is C22H20Cl2N4. The lowest BCUT2D eigenvalue weighted by molar-refractivity contribution is 1.00. The summed E-state index contributed by atoms with van der Waals surface area (Å²) >= 11 is 5.87. The van der Waals surface area contributed by atoms with Gasteiger partial charge < -0.3 is 5.73 Å². The van der Waals surface area contributed by atoms with Gasteiger partial charge in [-0.2, -0.15) is 5.10 Å². The van der Waals surface area contributed by atoms with Crippen LogP contribution in [0.1, 0.15) is 23.6 Å². The SMILES string of the molecule is CC(=NNC(N)=Nc1ccc(Cl)cc1)c1ccc2c(c1)Cc1ccccc1-2.Cl. The number of nitrogens with zero attached hydrogens (tertiary/aromatic N) is 2. The van der Waals surface area contributed by atoms with E-state index in [1.54, 1.807) is 24.3 Å². The van der Waals surface area contributed by atoms with Crippen LogP contribution in [0.15, 0.2) is 76.8 Å². The zero-order valence-electron chi connectivity index (χ0n) is 15.3. The van der Waals surface area contributed by atoms with Crippen LogP contribution in [-0.2, 0) is 6.42 Å². The average molecular weight is 411 g/mol. The van der Waals surface area contributed by atoms with Gasteiger partial charge in [0.15, 0.2) is 0 Å². The highest BCUT2D eigenvalue weighted by Gasteiger charge is 2.18. The Balaban J connectivity index is 0.00000225. The van der Waals surface area contributed by atoms with E-state index in [1.165, 1.54) is 22.3 Å². The quantitative estimate of drug-likeness (QED) is 0.273. The number of hydrazone groups is 1. The minimum Gasteiger partial charge on any atom is -0.368 e. The van der Waals surface area contributed by atoms with Crippen LogP contribution in [0.5, 0.6) is 0 Å². The van der Waals surface area contributed by atoms with E-state index in [2.05, 4.69) is 58.0 Å². The van der Waals surface area contributed by atoms with Crippen LogP contribution >= 0.6 is 24.0 Å². The standard InChI is InChI=1S/C22H19ClN4.ClH/c1-14(26-27-22(24)25-19-9-7-18(23)8-10-19)15-6-11-21-17(12-15)13-16-4-2-3-5-20(16)21;/h2-12H,13H2,1H3,(H3,24,25,27);1H. The first-order valence-electron chi connectivity index (χ1n) is 8.72. The van der Waals surface area contributed by atoms with Crippen molar-refractivity contribution >= 4 is 41.4 Å². The predicted octanol–water partition coefficient (Wildman–Crippen LogP) is 5.29. The van der Waals surface area contributed by atoms with Gasteiger partial charge in [-0.1, -0.05) is 48.0 Å². The van der Waals surface area contributed by atoms with Crippen molar-refractivity contribution in [2.24, 2.45) is 15.8 Å². The van der Waals surface area contributed by atoms with Crippen LogP contribution in [0.25, 0.3) is 11.1 Å². The molecule has 0 heterocycles. The highest BCUT2D eigenvalue weighted by atomic mass is 35.5. The molecule has 0 amide bonds. The Morgan fingerprint density at radius 3 is 2.46 bits per heavy atom. The second kappa shape index (κ2) is 8.46. The number of halogens is 2. The normalized spacial score (nSPS) is 12.8. The summed E-state index contributed by atoms with van der Waals surface area (Å²) in [4.78, 5) is 4.27. The summed E-state index contributed by atoms with van der Waals surface area (Å²) in [7, 11) is 0. The molecule has 3 aromatic rings. The van der Waals surface area contributed by atoms with Crippen molar-refractivity contribution in [3.63, 3.8) is 0 Å².